The van der Waals surface area contributed by atoms with Crippen LogP contribution in [0.1, 0.15) is 100 Å². The second kappa shape index (κ2) is 23.0. The van der Waals surface area contributed by atoms with Gasteiger partial charge in [-0.3, -0.25) is 38.5 Å². The van der Waals surface area contributed by atoms with Gasteiger partial charge in [0.1, 0.15) is 6.04 Å². The van der Waals surface area contributed by atoms with Gasteiger partial charge in [0, 0.05) is 25.6 Å². The van der Waals surface area contributed by atoms with Crippen LogP contribution in [0.3, 0.4) is 0 Å². The van der Waals surface area contributed by atoms with Crippen molar-refractivity contribution in [2.24, 2.45) is 11.8 Å². The summed E-state index contributed by atoms with van der Waals surface area (Å²) in [4.78, 5) is 91.6. The second-order valence-corrected chi connectivity index (χ2v) is 13.9. The Balaban J connectivity index is 2.77. The van der Waals surface area contributed by atoms with Crippen molar-refractivity contribution in [2.75, 3.05) is 45.9 Å². The number of rotatable bonds is 23. The van der Waals surface area contributed by atoms with Gasteiger partial charge in [-0.25, -0.2) is 0 Å². The van der Waals surface area contributed by atoms with Crippen molar-refractivity contribution in [3.8, 4) is 0 Å². The lowest BCUT2D eigenvalue weighted by molar-refractivity contribution is -0.167. The molecule has 1 aliphatic heterocycles. The molecule has 1 saturated heterocycles. The lowest BCUT2D eigenvalue weighted by Gasteiger charge is -2.32. The molecule has 1 fully saturated rings. The molecule has 50 heavy (non-hydrogen) atoms. The number of amides is 5. The highest BCUT2D eigenvalue weighted by atomic mass is 16.6. The fraction of sp³-hybridized carbons (Fsp3) is 0.800. The first kappa shape index (κ1) is 44.4. The molecule has 0 aromatic heterocycles. The lowest BCUT2D eigenvalue weighted by atomic mass is 9.88. The minimum Gasteiger partial charge on any atom is -0.451 e. The van der Waals surface area contributed by atoms with Crippen molar-refractivity contribution < 1.29 is 43.0 Å². The van der Waals surface area contributed by atoms with Crippen LogP contribution in [0, 0.1) is 11.8 Å². The highest BCUT2D eigenvalue weighted by Crippen LogP contribution is 2.23. The van der Waals surface area contributed by atoms with Gasteiger partial charge >= 0.3 is 5.97 Å². The van der Waals surface area contributed by atoms with Crippen LogP contribution in [0.5, 0.6) is 0 Å². The Kier molecular flexibility index (Phi) is 20.4. The zero-order chi connectivity index (χ0) is 37.9. The third-order valence-corrected chi connectivity index (χ3v) is 8.50. The van der Waals surface area contributed by atoms with Crippen LogP contribution < -0.4 is 26.6 Å². The van der Waals surface area contributed by atoms with E-state index in [9.17, 15) is 33.6 Å². The van der Waals surface area contributed by atoms with Crippen LogP contribution in [0.4, 0.5) is 0 Å². The molecule has 0 aromatic rings. The third kappa shape index (κ3) is 17.4. The number of hydrogen-bond acceptors (Lipinski definition) is 10. The average molecular weight is 711 g/mol. The first-order valence-corrected chi connectivity index (χ1v) is 18.0. The number of hydrogen-bond donors (Lipinski definition) is 5. The molecular formula is C35H62N6O9. The topological polar surface area (TPSA) is 201 Å². The van der Waals surface area contributed by atoms with E-state index in [0.717, 1.165) is 12.8 Å². The van der Waals surface area contributed by atoms with Crippen molar-refractivity contribution in [3.63, 3.8) is 0 Å². The molecule has 0 saturated carbocycles. The summed E-state index contributed by atoms with van der Waals surface area (Å²) in [6.45, 7) is 16.3. The highest BCUT2D eigenvalue weighted by Gasteiger charge is 2.41. The van der Waals surface area contributed by atoms with E-state index in [-0.39, 0.29) is 74.9 Å². The Labute approximate surface area is 297 Å². The van der Waals surface area contributed by atoms with E-state index in [2.05, 4.69) is 26.6 Å². The monoisotopic (exact) mass is 710 g/mol. The first-order chi connectivity index (χ1) is 23.5. The zero-order valence-electron chi connectivity index (χ0n) is 31.4. The minimum absolute atomic E-state index is 0.00980. The van der Waals surface area contributed by atoms with Crippen LogP contribution in [-0.2, 0) is 43.0 Å². The van der Waals surface area contributed by atoms with Crippen LogP contribution in [0.15, 0.2) is 0 Å². The molecule has 5 N–H and O–H groups in total. The van der Waals surface area contributed by atoms with Gasteiger partial charge in [0.2, 0.25) is 29.5 Å². The van der Waals surface area contributed by atoms with Gasteiger partial charge in [-0.15, -0.1) is 0 Å². The summed E-state index contributed by atoms with van der Waals surface area (Å²) < 4.78 is 10.9. The SMILES string of the molecule is CCC(CC)NC(=O)CCC(=O)OC(C)(CC)C(=O)[C@H](CC(C)C)NC(=O)CNC(=O)[C@H](CC(C)C)NC(=O)CNC(=O)CN1CCOCC1. The normalized spacial score (nSPS) is 15.8. The number of Topliss-reactive ketones (excluding diaryl/α,β-unsaturated/α-hetero) is 1. The van der Waals surface area contributed by atoms with Crippen LogP contribution in [-0.4, -0.2) is 116 Å². The number of carbonyl (C=O) groups is 7. The standard InChI is InChI=1S/C35H62N6O9/c1-9-25(10-2)38-28(42)12-13-32(46)50-35(8,11-3)33(47)26(18-23(4)5)39-30(44)21-37-34(48)27(19-24(6)7)40-29(43)20-36-31(45)22-41-14-16-49-17-15-41/h23-27H,9-22H2,1-8H3,(H,36,45)(H,37,48)(H,38,42)(H,39,44)(H,40,43)/t26-,27-,35?/m0/s1. The molecule has 0 aromatic carbocycles. The largest absolute Gasteiger partial charge is 0.451 e. The fourth-order valence-electron chi connectivity index (χ4n) is 5.36. The molecule has 1 unspecified atom stereocenters. The Morgan fingerprint density at radius 2 is 1.26 bits per heavy atom. The van der Waals surface area contributed by atoms with Gasteiger partial charge < -0.3 is 36.1 Å². The van der Waals surface area contributed by atoms with Gasteiger partial charge in [-0.1, -0.05) is 48.5 Å². The molecule has 1 rings (SSSR count). The quantitative estimate of drug-likeness (QED) is 0.0952. The summed E-state index contributed by atoms with van der Waals surface area (Å²) in [7, 11) is 0. The number of ether oxygens (including phenoxy) is 2. The van der Waals surface area contributed by atoms with Gasteiger partial charge in [-0.05, 0) is 50.9 Å². The van der Waals surface area contributed by atoms with Gasteiger partial charge in [0.25, 0.3) is 0 Å². The van der Waals surface area contributed by atoms with E-state index >= 15 is 0 Å². The van der Waals surface area contributed by atoms with Crippen molar-refractivity contribution >= 4 is 41.3 Å². The molecule has 286 valence electrons. The molecule has 1 aliphatic rings. The average Bonchev–Trinajstić information content (AvgIpc) is 3.06. The number of carbonyl (C=O) groups excluding carboxylic acids is 7. The van der Waals surface area contributed by atoms with Crippen molar-refractivity contribution in [2.45, 2.75) is 124 Å². The Morgan fingerprint density at radius 3 is 1.80 bits per heavy atom. The summed E-state index contributed by atoms with van der Waals surface area (Å²) in [5, 5.41) is 13.3. The molecular weight excluding hydrogens is 648 g/mol. The third-order valence-electron chi connectivity index (χ3n) is 8.50. The molecule has 1 heterocycles. The number of ketones is 1. The number of nitrogens with one attached hydrogen (secondary N) is 5. The second-order valence-electron chi connectivity index (χ2n) is 13.9. The first-order valence-electron chi connectivity index (χ1n) is 18.0. The molecule has 0 radical (unpaired) electrons. The maximum Gasteiger partial charge on any atom is 0.307 e. The minimum atomic E-state index is -1.55. The van der Waals surface area contributed by atoms with E-state index in [1.807, 2.05) is 46.4 Å². The summed E-state index contributed by atoms with van der Waals surface area (Å²) in [5.41, 5.74) is -1.55. The smallest absolute Gasteiger partial charge is 0.307 e. The van der Waals surface area contributed by atoms with Crippen molar-refractivity contribution in [1.29, 1.82) is 0 Å². The molecule has 15 nitrogen and oxygen atoms in total. The Bertz CT molecular complexity index is 1140. The predicted octanol–water partition coefficient (Wildman–Crippen LogP) is 0.979. The maximum absolute atomic E-state index is 13.7. The summed E-state index contributed by atoms with van der Waals surface area (Å²) in [5.74, 6) is -3.53. The molecule has 5 amide bonds. The maximum atomic E-state index is 13.7. The van der Waals surface area contributed by atoms with Crippen LogP contribution in [0.2, 0.25) is 0 Å². The van der Waals surface area contributed by atoms with E-state index in [1.165, 1.54) is 6.92 Å². The molecule has 0 spiro atoms. The van der Waals surface area contributed by atoms with E-state index in [1.54, 1.807) is 6.92 Å². The molecule has 0 bridgehead atoms. The van der Waals surface area contributed by atoms with Gasteiger partial charge in [0.15, 0.2) is 11.4 Å². The summed E-state index contributed by atoms with van der Waals surface area (Å²) in [6, 6.07) is -1.95. The highest BCUT2D eigenvalue weighted by molar-refractivity contribution is 5.97. The van der Waals surface area contributed by atoms with E-state index in [4.69, 9.17) is 9.47 Å². The van der Waals surface area contributed by atoms with Crippen molar-refractivity contribution in [1.82, 2.24) is 31.5 Å². The van der Waals surface area contributed by atoms with Crippen LogP contribution >= 0.6 is 0 Å². The summed E-state index contributed by atoms with van der Waals surface area (Å²) >= 11 is 0. The van der Waals surface area contributed by atoms with Crippen LogP contribution in [0.25, 0.3) is 0 Å². The summed E-state index contributed by atoms with van der Waals surface area (Å²) in [6.07, 6.45) is 1.96. The van der Waals surface area contributed by atoms with E-state index < -0.39 is 53.7 Å². The van der Waals surface area contributed by atoms with Crippen molar-refractivity contribution in [3.05, 3.63) is 0 Å². The lowest BCUT2D eigenvalue weighted by Crippen LogP contribution is -2.55. The predicted molar refractivity (Wildman–Crippen MR) is 188 cm³/mol. The molecule has 3 atom stereocenters. The zero-order valence-corrected chi connectivity index (χ0v) is 31.4. The number of morpholine rings is 1. The molecule has 15 heteroatoms. The number of nitrogens with zero attached hydrogens (tertiary/aromatic N) is 1. The number of esters is 1. The fourth-order valence-corrected chi connectivity index (χ4v) is 5.36. The Hall–Kier alpha value is -3.59. The van der Waals surface area contributed by atoms with E-state index in [0.29, 0.717) is 26.3 Å². The molecule has 0 aliphatic carbocycles. The van der Waals surface area contributed by atoms with Gasteiger partial charge in [-0.2, -0.15) is 0 Å². The van der Waals surface area contributed by atoms with Gasteiger partial charge in [0.05, 0.1) is 45.3 Å². The Morgan fingerprint density at radius 1 is 0.720 bits per heavy atom.